The van der Waals surface area contributed by atoms with Crippen LogP contribution in [-0.4, -0.2) is 5.54 Å². The van der Waals surface area contributed by atoms with Crippen LogP contribution in [0.15, 0.2) is 18.2 Å². The minimum absolute atomic E-state index is 0.252. The van der Waals surface area contributed by atoms with Crippen molar-refractivity contribution in [2.24, 2.45) is 5.73 Å². The molecule has 1 atom stereocenters. The average Bonchev–Trinajstić information content (AvgIpc) is 2.31. The van der Waals surface area contributed by atoms with Crippen LogP contribution in [0.3, 0.4) is 0 Å². The van der Waals surface area contributed by atoms with Gasteiger partial charge in [0.2, 0.25) is 0 Å². The SMILES string of the molecule is CCCCC(N)(CC)Cc1cc(F)ccc1Cl. The quantitative estimate of drug-likeness (QED) is 0.807. The van der Waals surface area contributed by atoms with Crippen LogP contribution >= 0.6 is 11.6 Å². The Labute approximate surface area is 108 Å². The maximum atomic E-state index is 13.2. The third-order valence-electron chi connectivity index (χ3n) is 3.28. The molecule has 0 aliphatic carbocycles. The molecule has 0 bridgehead atoms. The smallest absolute Gasteiger partial charge is 0.123 e. The molecule has 1 unspecified atom stereocenters. The molecule has 1 nitrogen and oxygen atoms in total. The second-order valence-corrected chi connectivity index (χ2v) is 5.14. The monoisotopic (exact) mass is 257 g/mol. The lowest BCUT2D eigenvalue weighted by molar-refractivity contribution is 0.364. The van der Waals surface area contributed by atoms with Crippen molar-refractivity contribution >= 4 is 11.6 Å². The Hall–Kier alpha value is -0.600. The lowest BCUT2D eigenvalue weighted by atomic mass is 9.84. The number of nitrogens with two attached hydrogens (primary N) is 1. The summed E-state index contributed by atoms with van der Waals surface area (Å²) in [6.07, 6.45) is 4.68. The van der Waals surface area contributed by atoms with E-state index in [2.05, 4.69) is 13.8 Å². The van der Waals surface area contributed by atoms with Crippen LogP contribution < -0.4 is 5.73 Å². The Morgan fingerprint density at radius 1 is 1.35 bits per heavy atom. The van der Waals surface area contributed by atoms with E-state index in [1.807, 2.05) is 0 Å². The highest BCUT2D eigenvalue weighted by molar-refractivity contribution is 6.31. The van der Waals surface area contributed by atoms with Gasteiger partial charge in [0.1, 0.15) is 5.82 Å². The second kappa shape index (κ2) is 6.36. The maximum absolute atomic E-state index is 13.2. The van der Waals surface area contributed by atoms with Gasteiger partial charge in [0.15, 0.2) is 0 Å². The molecule has 2 N–H and O–H groups in total. The van der Waals surface area contributed by atoms with E-state index in [1.165, 1.54) is 12.1 Å². The first-order valence-corrected chi connectivity index (χ1v) is 6.61. The molecule has 96 valence electrons. The zero-order valence-corrected chi connectivity index (χ0v) is 11.4. The van der Waals surface area contributed by atoms with E-state index in [0.29, 0.717) is 11.4 Å². The fraction of sp³-hybridized carbons (Fsp3) is 0.571. The largest absolute Gasteiger partial charge is 0.325 e. The van der Waals surface area contributed by atoms with Gasteiger partial charge in [0, 0.05) is 10.6 Å². The highest BCUT2D eigenvalue weighted by atomic mass is 35.5. The molecular formula is C14H21ClFN. The molecule has 0 heterocycles. The van der Waals surface area contributed by atoms with E-state index in [1.54, 1.807) is 6.07 Å². The molecule has 0 fully saturated rings. The molecule has 0 saturated heterocycles. The van der Waals surface area contributed by atoms with Crippen LogP contribution in [0.25, 0.3) is 0 Å². The fourth-order valence-corrected chi connectivity index (χ4v) is 2.16. The van der Waals surface area contributed by atoms with Gasteiger partial charge in [0.05, 0.1) is 0 Å². The molecule has 0 spiro atoms. The Kier molecular flexibility index (Phi) is 5.41. The Morgan fingerprint density at radius 2 is 2.06 bits per heavy atom. The Bertz CT molecular complexity index is 367. The van der Waals surface area contributed by atoms with E-state index in [0.717, 1.165) is 31.2 Å². The van der Waals surface area contributed by atoms with Gasteiger partial charge in [-0.05, 0) is 43.0 Å². The lowest BCUT2D eigenvalue weighted by Crippen LogP contribution is -2.41. The highest BCUT2D eigenvalue weighted by Crippen LogP contribution is 2.26. The van der Waals surface area contributed by atoms with Crippen molar-refractivity contribution < 1.29 is 4.39 Å². The van der Waals surface area contributed by atoms with Crippen molar-refractivity contribution in [1.82, 2.24) is 0 Å². The van der Waals surface area contributed by atoms with Crippen LogP contribution in [-0.2, 0) is 6.42 Å². The van der Waals surface area contributed by atoms with Gasteiger partial charge in [-0.1, -0.05) is 38.3 Å². The van der Waals surface area contributed by atoms with Gasteiger partial charge in [-0.25, -0.2) is 4.39 Å². The molecule has 0 aromatic heterocycles. The molecule has 1 rings (SSSR count). The predicted octanol–water partition coefficient (Wildman–Crippen LogP) is 4.32. The minimum Gasteiger partial charge on any atom is -0.325 e. The molecule has 1 aromatic carbocycles. The zero-order valence-electron chi connectivity index (χ0n) is 10.6. The molecule has 1 aromatic rings. The molecule has 0 radical (unpaired) electrons. The van der Waals surface area contributed by atoms with Gasteiger partial charge in [-0.2, -0.15) is 0 Å². The van der Waals surface area contributed by atoms with Crippen LogP contribution in [0.1, 0.15) is 45.1 Å². The first-order valence-electron chi connectivity index (χ1n) is 6.23. The van der Waals surface area contributed by atoms with Crippen molar-refractivity contribution in [2.45, 2.75) is 51.5 Å². The summed E-state index contributed by atoms with van der Waals surface area (Å²) in [7, 11) is 0. The second-order valence-electron chi connectivity index (χ2n) is 4.73. The summed E-state index contributed by atoms with van der Waals surface area (Å²) >= 11 is 6.07. The van der Waals surface area contributed by atoms with Crippen molar-refractivity contribution in [1.29, 1.82) is 0 Å². The first-order chi connectivity index (χ1) is 8.00. The summed E-state index contributed by atoms with van der Waals surface area (Å²) in [5.74, 6) is -0.252. The maximum Gasteiger partial charge on any atom is 0.123 e. The van der Waals surface area contributed by atoms with Crippen molar-refractivity contribution in [3.8, 4) is 0 Å². The number of halogens is 2. The highest BCUT2D eigenvalue weighted by Gasteiger charge is 2.23. The van der Waals surface area contributed by atoms with Gasteiger partial charge in [-0.3, -0.25) is 0 Å². The molecule has 0 amide bonds. The van der Waals surface area contributed by atoms with Crippen molar-refractivity contribution in [3.63, 3.8) is 0 Å². The normalized spacial score (nSPS) is 14.6. The number of hydrogen-bond acceptors (Lipinski definition) is 1. The van der Waals surface area contributed by atoms with Gasteiger partial charge >= 0.3 is 0 Å². The number of benzene rings is 1. The van der Waals surface area contributed by atoms with Crippen LogP contribution in [0, 0.1) is 5.82 Å². The van der Waals surface area contributed by atoms with E-state index in [-0.39, 0.29) is 11.4 Å². The van der Waals surface area contributed by atoms with E-state index in [9.17, 15) is 4.39 Å². The van der Waals surface area contributed by atoms with E-state index < -0.39 is 0 Å². The van der Waals surface area contributed by atoms with Crippen LogP contribution in [0.2, 0.25) is 5.02 Å². The number of unbranched alkanes of at least 4 members (excludes halogenated alkanes) is 1. The Morgan fingerprint density at radius 3 is 2.65 bits per heavy atom. The zero-order chi connectivity index (χ0) is 12.9. The van der Waals surface area contributed by atoms with Crippen LogP contribution in [0.4, 0.5) is 4.39 Å². The molecule has 3 heteroatoms. The Balaban J connectivity index is 2.82. The van der Waals surface area contributed by atoms with Gasteiger partial charge in [-0.15, -0.1) is 0 Å². The summed E-state index contributed by atoms with van der Waals surface area (Å²) in [5, 5.41) is 0.603. The summed E-state index contributed by atoms with van der Waals surface area (Å²) in [4.78, 5) is 0. The molecular weight excluding hydrogens is 237 g/mol. The van der Waals surface area contributed by atoms with E-state index in [4.69, 9.17) is 17.3 Å². The predicted molar refractivity (Wildman–Crippen MR) is 71.8 cm³/mol. The summed E-state index contributed by atoms with van der Waals surface area (Å²) in [5.41, 5.74) is 6.90. The lowest BCUT2D eigenvalue weighted by Gasteiger charge is -2.28. The van der Waals surface area contributed by atoms with Crippen molar-refractivity contribution in [3.05, 3.63) is 34.6 Å². The fourth-order valence-electron chi connectivity index (χ4n) is 1.98. The minimum atomic E-state index is -0.270. The topological polar surface area (TPSA) is 26.0 Å². The molecule has 0 saturated carbocycles. The first kappa shape index (κ1) is 14.5. The summed E-state index contributed by atoms with van der Waals surface area (Å²) in [6.45, 7) is 4.22. The third-order valence-corrected chi connectivity index (χ3v) is 3.65. The van der Waals surface area contributed by atoms with E-state index >= 15 is 0 Å². The standard InChI is InChI=1S/C14H21ClFN/c1-3-5-8-14(17,4-2)10-11-9-12(16)6-7-13(11)15/h6-7,9H,3-5,8,10,17H2,1-2H3. The molecule has 17 heavy (non-hydrogen) atoms. The van der Waals surface area contributed by atoms with Crippen LogP contribution in [0.5, 0.6) is 0 Å². The van der Waals surface area contributed by atoms with Gasteiger partial charge < -0.3 is 5.73 Å². The number of hydrogen-bond donors (Lipinski definition) is 1. The summed E-state index contributed by atoms with van der Waals surface area (Å²) in [6, 6.07) is 4.47. The summed E-state index contributed by atoms with van der Waals surface area (Å²) < 4.78 is 13.2. The molecule has 0 aliphatic heterocycles. The average molecular weight is 258 g/mol. The van der Waals surface area contributed by atoms with Crippen molar-refractivity contribution in [2.75, 3.05) is 0 Å². The number of rotatable bonds is 6. The third kappa shape index (κ3) is 4.29. The van der Waals surface area contributed by atoms with Gasteiger partial charge in [0.25, 0.3) is 0 Å². The molecule has 0 aliphatic rings.